The van der Waals surface area contributed by atoms with Gasteiger partial charge in [0, 0.05) is 22.9 Å². The van der Waals surface area contributed by atoms with Crippen LogP contribution in [-0.4, -0.2) is 57.8 Å². The molecule has 0 amide bonds. The summed E-state index contributed by atoms with van der Waals surface area (Å²) in [5.74, 6) is 0.0441. The first-order valence-corrected chi connectivity index (χ1v) is 11.1. The molecule has 1 aromatic heterocycles. The molecule has 33 heavy (non-hydrogen) atoms. The molecule has 6 nitrogen and oxygen atoms in total. The molecule has 2 heterocycles. The van der Waals surface area contributed by atoms with Crippen LogP contribution in [0.1, 0.15) is 56.7 Å². The van der Waals surface area contributed by atoms with Crippen molar-refractivity contribution in [3.8, 4) is 11.4 Å². The molecule has 1 unspecified atom stereocenters. The minimum atomic E-state index is -0.851. The van der Waals surface area contributed by atoms with E-state index < -0.39 is 11.5 Å². The molecular formula is C25H32Cl2N4O2. The zero-order valence-corrected chi connectivity index (χ0v) is 21.2. The maximum Gasteiger partial charge on any atom is 0.191 e. The number of aromatic amines is 1. The molecule has 0 bridgehead atoms. The van der Waals surface area contributed by atoms with Crippen molar-refractivity contribution >= 4 is 48.2 Å². The number of nitrogens with one attached hydrogen (secondary N) is 1. The van der Waals surface area contributed by atoms with Crippen molar-refractivity contribution in [2.75, 3.05) is 19.6 Å². The predicted octanol–water partition coefficient (Wildman–Crippen LogP) is 5.04. The number of dihydropyridines is 1. The molecule has 1 aromatic carbocycles. The van der Waals surface area contributed by atoms with E-state index in [0.29, 0.717) is 29.2 Å². The lowest BCUT2D eigenvalue weighted by atomic mass is 9.73. The largest absolute Gasteiger partial charge is 0.337 e. The number of carbonyl (C=O) groups excluding carboxylic acids is 2. The Morgan fingerprint density at radius 2 is 1.73 bits per heavy atom. The van der Waals surface area contributed by atoms with Crippen molar-refractivity contribution in [2.45, 2.75) is 46.1 Å². The molecule has 1 aliphatic heterocycles. The highest BCUT2D eigenvalue weighted by atomic mass is 35.5. The highest BCUT2D eigenvalue weighted by molar-refractivity contribution is 6.30. The Balaban J connectivity index is 0.00000193. The van der Waals surface area contributed by atoms with E-state index in [9.17, 15) is 9.59 Å². The first kappa shape index (κ1) is 27.0. The number of halogens is 2. The van der Waals surface area contributed by atoms with Crippen LogP contribution in [0.15, 0.2) is 40.9 Å². The number of ketones is 2. The molecule has 8 heteroatoms. The zero-order chi connectivity index (χ0) is 22.2. The molecule has 178 valence electrons. The SMILES string of the molecule is CCN(CC)CCCC1C(=O)c2nc(-c3ccccc3)[nH]c2C2=C1C(=O)C(C)(C)N=C2.Cl.Cl. The molecule has 0 saturated heterocycles. The molecule has 1 N–H and O–H groups in total. The Morgan fingerprint density at radius 1 is 1.06 bits per heavy atom. The smallest absolute Gasteiger partial charge is 0.191 e. The number of Topliss-reactive ketones (excluding diaryl/α,β-unsaturated/α-hetero) is 2. The Morgan fingerprint density at radius 3 is 2.36 bits per heavy atom. The van der Waals surface area contributed by atoms with Gasteiger partial charge in [0.15, 0.2) is 11.6 Å². The summed E-state index contributed by atoms with van der Waals surface area (Å²) in [6, 6.07) is 9.73. The second-order valence-corrected chi connectivity index (χ2v) is 8.73. The lowest BCUT2D eigenvalue weighted by molar-refractivity contribution is -0.119. The van der Waals surface area contributed by atoms with E-state index in [4.69, 9.17) is 0 Å². The van der Waals surface area contributed by atoms with Crippen molar-refractivity contribution in [2.24, 2.45) is 10.9 Å². The van der Waals surface area contributed by atoms with Gasteiger partial charge in [-0.3, -0.25) is 14.6 Å². The number of nitrogens with zero attached hydrogens (tertiary/aromatic N) is 3. The molecular weight excluding hydrogens is 459 g/mol. The number of rotatable bonds is 7. The van der Waals surface area contributed by atoms with E-state index in [0.717, 1.165) is 37.2 Å². The van der Waals surface area contributed by atoms with Gasteiger partial charge in [0.05, 0.1) is 11.6 Å². The first-order valence-electron chi connectivity index (χ1n) is 11.1. The standard InChI is InChI=1S/C25H30N4O2.2ClH/c1-5-29(6-2)14-10-13-17-19-18(15-26-25(3,4)23(19)31)20-21(22(17)30)28-24(27-20)16-11-8-7-9-12-16;;/h7-9,11-12,15,17H,5-6,10,13-14H2,1-4H3,(H,27,28);2*1H. The van der Waals surface area contributed by atoms with E-state index in [-0.39, 0.29) is 36.4 Å². The minimum Gasteiger partial charge on any atom is -0.337 e. The fourth-order valence-corrected chi connectivity index (χ4v) is 4.46. The molecule has 0 radical (unpaired) electrons. The van der Waals surface area contributed by atoms with Crippen molar-refractivity contribution in [1.29, 1.82) is 0 Å². The van der Waals surface area contributed by atoms with Gasteiger partial charge < -0.3 is 9.88 Å². The number of aromatic nitrogens is 2. The predicted molar refractivity (Wildman–Crippen MR) is 138 cm³/mol. The molecule has 1 aliphatic carbocycles. The number of benzene rings is 1. The number of imidazole rings is 1. The van der Waals surface area contributed by atoms with Gasteiger partial charge in [-0.2, -0.15) is 0 Å². The van der Waals surface area contributed by atoms with Gasteiger partial charge in [-0.1, -0.05) is 44.2 Å². The molecule has 0 saturated carbocycles. The summed E-state index contributed by atoms with van der Waals surface area (Å²) in [6.45, 7) is 10.8. The first-order chi connectivity index (χ1) is 14.9. The average molecular weight is 491 g/mol. The molecule has 4 rings (SSSR count). The maximum absolute atomic E-state index is 13.6. The van der Waals surface area contributed by atoms with Gasteiger partial charge >= 0.3 is 0 Å². The normalized spacial score (nSPS) is 18.5. The lowest BCUT2D eigenvalue weighted by Gasteiger charge is -2.32. The number of carbonyl (C=O) groups is 2. The van der Waals surface area contributed by atoms with E-state index in [2.05, 4.69) is 33.7 Å². The number of aliphatic imine (C=N–C) groups is 1. The molecule has 0 spiro atoms. The summed E-state index contributed by atoms with van der Waals surface area (Å²) in [5, 5.41) is 0. The van der Waals surface area contributed by atoms with Crippen LogP contribution < -0.4 is 0 Å². The summed E-state index contributed by atoms with van der Waals surface area (Å²) < 4.78 is 0. The Hall–Kier alpha value is -2.28. The van der Waals surface area contributed by atoms with Crippen LogP contribution in [0.3, 0.4) is 0 Å². The summed E-state index contributed by atoms with van der Waals surface area (Å²) in [6.07, 6.45) is 3.24. The van der Waals surface area contributed by atoms with Gasteiger partial charge in [-0.25, -0.2) is 4.98 Å². The van der Waals surface area contributed by atoms with Crippen LogP contribution in [0.2, 0.25) is 0 Å². The van der Waals surface area contributed by atoms with Crippen LogP contribution in [0.25, 0.3) is 17.0 Å². The number of fused-ring (bicyclic) bond motifs is 2. The number of hydrogen-bond donors (Lipinski definition) is 1. The summed E-state index contributed by atoms with van der Waals surface area (Å²) >= 11 is 0. The summed E-state index contributed by atoms with van der Waals surface area (Å²) in [5.41, 5.74) is 2.41. The summed E-state index contributed by atoms with van der Waals surface area (Å²) in [4.78, 5) is 41.7. The lowest BCUT2D eigenvalue weighted by Crippen LogP contribution is -2.41. The summed E-state index contributed by atoms with van der Waals surface area (Å²) in [7, 11) is 0. The Kier molecular flexibility index (Phi) is 8.80. The third-order valence-electron chi connectivity index (χ3n) is 6.39. The highest BCUT2D eigenvalue weighted by Gasteiger charge is 2.45. The topological polar surface area (TPSA) is 78.4 Å². The minimum absolute atomic E-state index is 0. The van der Waals surface area contributed by atoms with Gasteiger partial charge in [0.1, 0.15) is 17.1 Å². The monoisotopic (exact) mass is 490 g/mol. The third kappa shape index (κ3) is 4.98. The van der Waals surface area contributed by atoms with Crippen LogP contribution >= 0.6 is 24.8 Å². The highest BCUT2D eigenvalue weighted by Crippen LogP contribution is 2.41. The molecule has 2 aromatic rings. The second-order valence-electron chi connectivity index (χ2n) is 8.73. The van der Waals surface area contributed by atoms with E-state index in [1.807, 2.05) is 44.2 Å². The average Bonchev–Trinajstić information content (AvgIpc) is 3.22. The van der Waals surface area contributed by atoms with Gasteiger partial charge in [-0.05, 0) is 46.3 Å². The van der Waals surface area contributed by atoms with E-state index >= 15 is 0 Å². The van der Waals surface area contributed by atoms with E-state index in [1.54, 1.807) is 6.21 Å². The Labute approximate surface area is 207 Å². The number of hydrogen-bond acceptors (Lipinski definition) is 5. The second kappa shape index (κ2) is 10.8. The Bertz CT molecular complexity index is 1070. The van der Waals surface area contributed by atoms with Gasteiger partial charge in [0.2, 0.25) is 0 Å². The fourth-order valence-electron chi connectivity index (χ4n) is 4.46. The quantitative estimate of drug-likeness (QED) is 0.589. The zero-order valence-electron chi connectivity index (χ0n) is 19.6. The van der Waals surface area contributed by atoms with E-state index in [1.165, 1.54) is 0 Å². The van der Waals surface area contributed by atoms with Crippen molar-refractivity contribution in [3.63, 3.8) is 0 Å². The molecule has 0 fully saturated rings. The third-order valence-corrected chi connectivity index (χ3v) is 6.39. The molecule has 1 atom stereocenters. The maximum atomic E-state index is 13.6. The van der Waals surface area contributed by atoms with Crippen molar-refractivity contribution < 1.29 is 9.59 Å². The van der Waals surface area contributed by atoms with Crippen LogP contribution in [0, 0.1) is 5.92 Å². The van der Waals surface area contributed by atoms with Crippen LogP contribution in [-0.2, 0) is 4.79 Å². The van der Waals surface area contributed by atoms with Gasteiger partial charge in [0.25, 0.3) is 0 Å². The van der Waals surface area contributed by atoms with Gasteiger partial charge in [-0.15, -0.1) is 24.8 Å². The van der Waals surface area contributed by atoms with Crippen LogP contribution in [0.5, 0.6) is 0 Å². The van der Waals surface area contributed by atoms with Crippen molar-refractivity contribution in [3.05, 3.63) is 47.3 Å². The fraction of sp³-hybridized carbons (Fsp3) is 0.440. The number of H-pyrrole nitrogens is 1. The van der Waals surface area contributed by atoms with Crippen molar-refractivity contribution in [1.82, 2.24) is 14.9 Å². The molecule has 2 aliphatic rings. The number of allylic oxidation sites excluding steroid dienone is 1. The van der Waals surface area contributed by atoms with Crippen LogP contribution in [0.4, 0.5) is 0 Å².